The van der Waals surface area contributed by atoms with Gasteiger partial charge in [0.2, 0.25) is 0 Å². The van der Waals surface area contributed by atoms with E-state index in [2.05, 4.69) is 39.7 Å². The van der Waals surface area contributed by atoms with Gasteiger partial charge in [-0.1, -0.05) is 18.9 Å². The Labute approximate surface area is 172 Å². The Morgan fingerprint density at radius 2 is 2.00 bits per heavy atom. The maximum atomic E-state index is 10.3. The number of aliphatic imine (C=N–C) groups is 2. The fraction of sp³-hybridized carbons (Fsp3) is 0.417. The lowest BCUT2D eigenvalue weighted by Gasteiger charge is -2.13. The highest BCUT2D eigenvalue weighted by Crippen LogP contribution is 2.55. The molecule has 5 heteroatoms. The zero-order valence-corrected chi connectivity index (χ0v) is 17.0. The summed E-state index contributed by atoms with van der Waals surface area (Å²) in [7, 11) is 0. The minimum atomic E-state index is 0.455. The summed E-state index contributed by atoms with van der Waals surface area (Å²) in [5.74, 6) is 3.01. The number of phenolic OH excluding ortho intramolecular Hbond substituents is 1. The van der Waals surface area contributed by atoms with Gasteiger partial charge < -0.3 is 5.11 Å². The number of aromatic nitrogens is 2. The lowest BCUT2D eigenvalue weighted by molar-refractivity contribution is 0.465. The van der Waals surface area contributed by atoms with Crippen LogP contribution in [0.15, 0.2) is 46.8 Å². The summed E-state index contributed by atoms with van der Waals surface area (Å²) in [6, 6.07) is 3.99. The second-order valence-corrected chi connectivity index (χ2v) is 8.15. The molecule has 0 bridgehead atoms. The summed E-state index contributed by atoms with van der Waals surface area (Å²) in [5.41, 5.74) is 4.97. The molecule has 1 N–H and O–H groups in total. The minimum Gasteiger partial charge on any atom is -0.508 e. The lowest BCUT2D eigenvalue weighted by Crippen LogP contribution is -1.98. The first-order valence-electron chi connectivity index (χ1n) is 10.4. The van der Waals surface area contributed by atoms with Gasteiger partial charge in [-0.2, -0.15) is 0 Å². The van der Waals surface area contributed by atoms with Crippen LogP contribution in [0.25, 0.3) is 0 Å². The van der Waals surface area contributed by atoms with Gasteiger partial charge in [0.15, 0.2) is 0 Å². The monoisotopic (exact) mass is 388 g/mol. The standard InChI is InChI=1S/C24H28N4O/c1-16-19(8-9-23(29)20(16)7-6-17-4-5-17)22-12-21(22)18-13-27-24(28-14-18)15-26-11-3-10-25-2/h3,8-11,13-14,17,21-22,29H,2,4-7,12,15H2,1H3/b10-3-,26-11?. The molecule has 29 heavy (non-hydrogen) atoms. The van der Waals surface area contributed by atoms with Crippen LogP contribution in [0.2, 0.25) is 0 Å². The van der Waals surface area contributed by atoms with E-state index in [1.165, 1.54) is 36.0 Å². The van der Waals surface area contributed by atoms with E-state index in [9.17, 15) is 5.11 Å². The number of benzene rings is 1. The second kappa shape index (κ2) is 8.68. The quantitative estimate of drug-likeness (QED) is 0.622. The van der Waals surface area contributed by atoms with Crippen LogP contribution in [-0.4, -0.2) is 28.0 Å². The number of hydrogen-bond donors (Lipinski definition) is 1. The molecule has 2 saturated carbocycles. The first-order chi connectivity index (χ1) is 14.2. The zero-order chi connectivity index (χ0) is 20.2. The number of aromatic hydroxyl groups is 1. The van der Waals surface area contributed by atoms with E-state index in [0.717, 1.165) is 24.3 Å². The van der Waals surface area contributed by atoms with Gasteiger partial charge in [0, 0.05) is 24.8 Å². The van der Waals surface area contributed by atoms with Crippen molar-refractivity contribution in [3.8, 4) is 5.75 Å². The molecule has 2 fully saturated rings. The molecular formula is C24H28N4O. The van der Waals surface area contributed by atoms with Gasteiger partial charge in [-0.05, 0) is 85.1 Å². The van der Waals surface area contributed by atoms with Crippen molar-refractivity contribution in [2.45, 2.75) is 57.4 Å². The van der Waals surface area contributed by atoms with Crippen molar-refractivity contribution in [3.05, 3.63) is 64.9 Å². The van der Waals surface area contributed by atoms with Gasteiger partial charge in [-0.25, -0.2) is 9.97 Å². The number of allylic oxidation sites excluding steroid dienone is 1. The van der Waals surface area contributed by atoms with Gasteiger partial charge >= 0.3 is 0 Å². The van der Waals surface area contributed by atoms with Gasteiger partial charge in [0.1, 0.15) is 11.6 Å². The van der Waals surface area contributed by atoms with E-state index >= 15 is 0 Å². The first kappa shape index (κ1) is 19.5. The maximum Gasteiger partial charge on any atom is 0.149 e. The number of rotatable bonds is 9. The summed E-state index contributed by atoms with van der Waals surface area (Å²) in [6.07, 6.45) is 14.9. The van der Waals surface area contributed by atoms with Gasteiger partial charge in [-0.3, -0.25) is 9.98 Å². The molecular weight excluding hydrogens is 360 g/mol. The topological polar surface area (TPSA) is 70.7 Å². The molecule has 2 aliphatic rings. The van der Waals surface area contributed by atoms with Crippen LogP contribution in [0, 0.1) is 12.8 Å². The van der Waals surface area contributed by atoms with Crippen molar-refractivity contribution in [1.82, 2.24) is 9.97 Å². The van der Waals surface area contributed by atoms with E-state index in [0.29, 0.717) is 30.0 Å². The molecule has 2 aliphatic carbocycles. The van der Waals surface area contributed by atoms with Gasteiger partial charge in [0.25, 0.3) is 0 Å². The van der Waals surface area contributed by atoms with Crippen LogP contribution >= 0.6 is 0 Å². The molecule has 0 saturated heterocycles. The fourth-order valence-electron chi connectivity index (χ4n) is 4.07. The predicted molar refractivity (Wildman–Crippen MR) is 117 cm³/mol. The van der Waals surface area contributed by atoms with Crippen molar-refractivity contribution in [2.24, 2.45) is 15.9 Å². The summed E-state index contributed by atoms with van der Waals surface area (Å²) < 4.78 is 0. The van der Waals surface area contributed by atoms with Crippen molar-refractivity contribution in [1.29, 1.82) is 0 Å². The Kier molecular flexibility index (Phi) is 5.84. The average Bonchev–Trinajstić information content (AvgIpc) is 3.63. The van der Waals surface area contributed by atoms with Crippen molar-refractivity contribution in [3.63, 3.8) is 0 Å². The minimum absolute atomic E-state index is 0.455. The molecule has 5 nitrogen and oxygen atoms in total. The maximum absolute atomic E-state index is 10.3. The lowest BCUT2D eigenvalue weighted by atomic mass is 9.93. The van der Waals surface area contributed by atoms with Crippen LogP contribution in [0.5, 0.6) is 5.75 Å². The van der Waals surface area contributed by atoms with Crippen molar-refractivity contribution < 1.29 is 5.11 Å². The fourth-order valence-corrected chi connectivity index (χ4v) is 4.07. The molecule has 0 spiro atoms. The van der Waals surface area contributed by atoms with Crippen LogP contribution in [0.4, 0.5) is 0 Å². The largest absolute Gasteiger partial charge is 0.508 e. The number of phenols is 1. The Morgan fingerprint density at radius 1 is 1.21 bits per heavy atom. The third kappa shape index (κ3) is 4.78. The molecule has 2 unspecified atom stereocenters. The second-order valence-electron chi connectivity index (χ2n) is 8.15. The SMILES string of the molecule is C=N/C=C\C=NCc1ncc(C2CC2c2ccc(O)c(CCC3CC3)c2C)cn1. The average molecular weight is 389 g/mol. The Balaban J connectivity index is 1.40. The summed E-state index contributed by atoms with van der Waals surface area (Å²) in [6.45, 7) is 6.00. The smallest absolute Gasteiger partial charge is 0.149 e. The van der Waals surface area contributed by atoms with E-state index in [1.807, 2.05) is 18.5 Å². The highest BCUT2D eigenvalue weighted by Gasteiger charge is 2.41. The van der Waals surface area contributed by atoms with E-state index in [4.69, 9.17) is 0 Å². The van der Waals surface area contributed by atoms with E-state index in [1.54, 1.807) is 18.5 Å². The first-order valence-corrected chi connectivity index (χ1v) is 10.4. The molecule has 0 radical (unpaired) electrons. The molecule has 0 amide bonds. The summed E-state index contributed by atoms with van der Waals surface area (Å²) in [5, 5.41) is 10.3. The van der Waals surface area contributed by atoms with Gasteiger partial charge in [-0.15, -0.1) is 0 Å². The van der Waals surface area contributed by atoms with Crippen LogP contribution in [-0.2, 0) is 13.0 Å². The van der Waals surface area contributed by atoms with Crippen molar-refractivity contribution >= 4 is 12.9 Å². The Bertz CT molecular complexity index is 929. The molecule has 1 aromatic carbocycles. The normalized spacial score (nSPS) is 21.1. The third-order valence-corrected chi connectivity index (χ3v) is 6.07. The Morgan fingerprint density at radius 3 is 2.72 bits per heavy atom. The molecule has 1 aromatic heterocycles. The highest BCUT2D eigenvalue weighted by atomic mass is 16.3. The predicted octanol–water partition coefficient (Wildman–Crippen LogP) is 4.89. The summed E-state index contributed by atoms with van der Waals surface area (Å²) in [4.78, 5) is 16.8. The third-order valence-electron chi connectivity index (χ3n) is 6.07. The van der Waals surface area contributed by atoms with E-state index in [-0.39, 0.29) is 0 Å². The Hall–Kier alpha value is -2.82. The molecule has 4 rings (SSSR count). The van der Waals surface area contributed by atoms with Crippen LogP contribution < -0.4 is 0 Å². The van der Waals surface area contributed by atoms with Crippen LogP contribution in [0.3, 0.4) is 0 Å². The molecule has 2 aromatic rings. The zero-order valence-electron chi connectivity index (χ0n) is 17.0. The molecule has 0 aliphatic heterocycles. The van der Waals surface area contributed by atoms with E-state index < -0.39 is 0 Å². The molecule has 1 heterocycles. The summed E-state index contributed by atoms with van der Waals surface area (Å²) >= 11 is 0. The number of nitrogens with zero attached hydrogens (tertiary/aromatic N) is 4. The van der Waals surface area contributed by atoms with Crippen molar-refractivity contribution in [2.75, 3.05) is 0 Å². The van der Waals surface area contributed by atoms with Crippen LogP contribution in [0.1, 0.15) is 65.6 Å². The number of hydrogen-bond acceptors (Lipinski definition) is 5. The highest BCUT2D eigenvalue weighted by molar-refractivity contribution is 5.70. The van der Waals surface area contributed by atoms with Gasteiger partial charge in [0.05, 0.1) is 6.54 Å². The molecule has 2 atom stereocenters. The molecule has 150 valence electrons.